The Hall–Kier alpha value is -0.810. The number of halogens is 1. The highest BCUT2D eigenvalue weighted by Crippen LogP contribution is 2.29. The molecule has 0 bridgehead atoms. The van der Waals surface area contributed by atoms with Crippen LogP contribution in [0.2, 0.25) is 5.02 Å². The van der Waals surface area contributed by atoms with Crippen molar-refractivity contribution in [3.63, 3.8) is 0 Å². The SMILES string of the molecule is C[C@@H]1[C@H](C)CCC[C@H]1NC[C@@H](O)COCCOc1ccc(Cl)cc1. The van der Waals surface area contributed by atoms with Crippen molar-refractivity contribution in [2.45, 2.75) is 45.3 Å². The van der Waals surface area contributed by atoms with Crippen LogP contribution in [0.15, 0.2) is 24.3 Å². The maximum Gasteiger partial charge on any atom is 0.119 e. The molecule has 1 saturated carbocycles. The molecule has 0 saturated heterocycles. The summed E-state index contributed by atoms with van der Waals surface area (Å²) in [4.78, 5) is 0. The zero-order valence-electron chi connectivity index (χ0n) is 14.7. The molecule has 0 radical (unpaired) electrons. The van der Waals surface area contributed by atoms with Crippen molar-refractivity contribution in [3.05, 3.63) is 29.3 Å². The van der Waals surface area contributed by atoms with Gasteiger partial charge in [-0.25, -0.2) is 0 Å². The third-order valence-electron chi connectivity index (χ3n) is 4.94. The molecule has 2 rings (SSSR count). The van der Waals surface area contributed by atoms with E-state index in [2.05, 4.69) is 19.2 Å². The van der Waals surface area contributed by atoms with Crippen LogP contribution in [-0.2, 0) is 4.74 Å². The van der Waals surface area contributed by atoms with Gasteiger partial charge >= 0.3 is 0 Å². The van der Waals surface area contributed by atoms with Gasteiger partial charge in [0.25, 0.3) is 0 Å². The maximum absolute atomic E-state index is 10.0. The summed E-state index contributed by atoms with van der Waals surface area (Å²) in [5.74, 6) is 2.19. The number of hydrogen-bond donors (Lipinski definition) is 2. The fourth-order valence-electron chi connectivity index (χ4n) is 3.19. The Bertz CT molecular complexity index is 468. The highest BCUT2D eigenvalue weighted by atomic mass is 35.5. The normalized spacial score (nSPS) is 25.4. The molecule has 136 valence electrons. The first-order chi connectivity index (χ1) is 11.6. The van der Waals surface area contributed by atoms with Crippen molar-refractivity contribution in [1.29, 1.82) is 0 Å². The number of benzene rings is 1. The molecule has 0 spiro atoms. The van der Waals surface area contributed by atoms with E-state index in [0.717, 1.165) is 11.7 Å². The molecule has 0 aliphatic heterocycles. The van der Waals surface area contributed by atoms with Gasteiger partial charge in [0.2, 0.25) is 0 Å². The first-order valence-electron chi connectivity index (χ1n) is 8.94. The van der Waals surface area contributed by atoms with Gasteiger partial charge in [0, 0.05) is 17.6 Å². The standard InChI is InChI=1S/C19H30ClNO3/c1-14-4-3-5-19(15(14)2)21-12-17(22)13-23-10-11-24-18-8-6-16(20)7-9-18/h6-9,14-15,17,19,21-22H,3-5,10-13H2,1-2H3/t14-,15-,17-,19-/m1/s1. The number of aliphatic hydroxyl groups is 1. The van der Waals surface area contributed by atoms with Crippen LogP contribution in [0.1, 0.15) is 33.1 Å². The van der Waals surface area contributed by atoms with Crippen LogP contribution >= 0.6 is 11.6 Å². The highest BCUT2D eigenvalue weighted by molar-refractivity contribution is 6.30. The number of rotatable bonds is 9. The summed E-state index contributed by atoms with van der Waals surface area (Å²) in [5, 5.41) is 14.2. The largest absolute Gasteiger partial charge is 0.491 e. The third kappa shape index (κ3) is 6.60. The molecule has 1 aliphatic carbocycles. The summed E-state index contributed by atoms with van der Waals surface area (Å²) in [5.41, 5.74) is 0. The van der Waals surface area contributed by atoms with Gasteiger partial charge in [0.05, 0.1) is 19.3 Å². The molecule has 0 unspecified atom stereocenters. The molecule has 0 amide bonds. The quantitative estimate of drug-likeness (QED) is 0.665. The Balaban J connectivity index is 1.53. The molecule has 4 atom stereocenters. The van der Waals surface area contributed by atoms with E-state index in [1.807, 2.05) is 12.1 Å². The number of nitrogens with one attached hydrogen (secondary N) is 1. The van der Waals surface area contributed by atoms with Crippen LogP contribution in [0.25, 0.3) is 0 Å². The maximum atomic E-state index is 10.0. The summed E-state index contributed by atoms with van der Waals surface area (Å²) in [7, 11) is 0. The van der Waals surface area contributed by atoms with Gasteiger partial charge < -0.3 is 19.9 Å². The van der Waals surface area contributed by atoms with Crippen molar-refractivity contribution in [3.8, 4) is 5.75 Å². The van der Waals surface area contributed by atoms with E-state index in [1.54, 1.807) is 12.1 Å². The second-order valence-corrected chi connectivity index (χ2v) is 7.25. The van der Waals surface area contributed by atoms with Crippen LogP contribution in [0.4, 0.5) is 0 Å². The Morgan fingerprint density at radius 2 is 1.96 bits per heavy atom. The van der Waals surface area contributed by atoms with Crippen molar-refractivity contribution in [2.24, 2.45) is 11.8 Å². The van der Waals surface area contributed by atoms with Crippen LogP contribution in [0.5, 0.6) is 5.75 Å². The highest BCUT2D eigenvalue weighted by Gasteiger charge is 2.26. The van der Waals surface area contributed by atoms with Gasteiger partial charge in [0.1, 0.15) is 12.4 Å². The lowest BCUT2D eigenvalue weighted by atomic mass is 9.78. The molecule has 4 nitrogen and oxygen atoms in total. The average Bonchev–Trinajstić information content (AvgIpc) is 2.57. The molecule has 1 aromatic carbocycles. The zero-order valence-corrected chi connectivity index (χ0v) is 15.5. The van der Waals surface area contributed by atoms with Crippen molar-refractivity contribution in [1.82, 2.24) is 5.32 Å². The Labute approximate surface area is 150 Å². The van der Waals surface area contributed by atoms with Gasteiger partial charge in [0.15, 0.2) is 0 Å². The van der Waals surface area contributed by atoms with E-state index < -0.39 is 6.10 Å². The summed E-state index contributed by atoms with van der Waals surface area (Å²) in [6.07, 6.45) is 3.31. The lowest BCUT2D eigenvalue weighted by Gasteiger charge is -2.35. The third-order valence-corrected chi connectivity index (χ3v) is 5.19. The summed E-state index contributed by atoms with van der Waals surface area (Å²) < 4.78 is 11.0. The second kappa shape index (κ2) is 10.2. The van der Waals surface area contributed by atoms with E-state index in [-0.39, 0.29) is 0 Å². The van der Waals surface area contributed by atoms with Crippen molar-refractivity contribution >= 4 is 11.6 Å². The first-order valence-corrected chi connectivity index (χ1v) is 9.31. The van der Waals surface area contributed by atoms with Gasteiger partial charge in [-0.1, -0.05) is 38.3 Å². The van der Waals surface area contributed by atoms with Crippen molar-refractivity contribution in [2.75, 3.05) is 26.4 Å². The Kier molecular flexibility index (Phi) is 8.33. The number of aliphatic hydroxyl groups excluding tert-OH is 1. The first kappa shape index (κ1) is 19.5. The fourth-order valence-corrected chi connectivity index (χ4v) is 3.31. The van der Waals surface area contributed by atoms with Crippen LogP contribution in [0, 0.1) is 11.8 Å². The average molecular weight is 356 g/mol. The number of ether oxygens (including phenoxy) is 2. The monoisotopic (exact) mass is 355 g/mol. The van der Waals surface area contributed by atoms with Gasteiger partial charge in [-0.15, -0.1) is 0 Å². The predicted octanol–water partition coefficient (Wildman–Crippen LogP) is 3.51. The molecule has 0 heterocycles. The smallest absolute Gasteiger partial charge is 0.119 e. The summed E-state index contributed by atoms with van der Waals surface area (Å²) >= 11 is 5.82. The number of hydrogen-bond acceptors (Lipinski definition) is 4. The van der Waals surface area contributed by atoms with E-state index in [9.17, 15) is 5.11 Å². The lowest BCUT2D eigenvalue weighted by molar-refractivity contribution is 0.0217. The van der Waals surface area contributed by atoms with Crippen molar-refractivity contribution < 1.29 is 14.6 Å². The Morgan fingerprint density at radius 1 is 1.21 bits per heavy atom. The molecular weight excluding hydrogens is 326 g/mol. The second-order valence-electron chi connectivity index (χ2n) is 6.81. The van der Waals surface area contributed by atoms with E-state index in [1.165, 1.54) is 19.3 Å². The van der Waals surface area contributed by atoms with E-state index in [0.29, 0.717) is 43.3 Å². The molecule has 0 aromatic heterocycles. The van der Waals surface area contributed by atoms with Crippen LogP contribution < -0.4 is 10.1 Å². The predicted molar refractivity (Wildman–Crippen MR) is 97.7 cm³/mol. The minimum absolute atomic E-state index is 0.327. The van der Waals surface area contributed by atoms with Crippen LogP contribution in [0.3, 0.4) is 0 Å². The molecule has 1 aliphatic rings. The van der Waals surface area contributed by atoms with E-state index >= 15 is 0 Å². The summed E-state index contributed by atoms with van der Waals surface area (Å²) in [6, 6.07) is 7.75. The van der Waals surface area contributed by atoms with Gasteiger partial charge in [-0.2, -0.15) is 0 Å². The molecule has 24 heavy (non-hydrogen) atoms. The fraction of sp³-hybridized carbons (Fsp3) is 0.684. The van der Waals surface area contributed by atoms with E-state index in [4.69, 9.17) is 21.1 Å². The zero-order chi connectivity index (χ0) is 17.4. The van der Waals surface area contributed by atoms with Gasteiger partial charge in [-0.05, 0) is 42.5 Å². The lowest BCUT2D eigenvalue weighted by Crippen LogP contribution is -2.44. The minimum atomic E-state index is -0.482. The summed E-state index contributed by atoms with van der Waals surface area (Å²) in [6.45, 7) is 6.44. The van der Waals surface area contributed by atoms with Crippen LogP contribution in [-0.4, -0.2) is 43.6 Å². The Morgan fingerprint density at radius 3 is 2.71 bits per heavy atom. The minimum Gasteiger partial charge on any atom is -0.491 e. The van der Waals surface area contributed by atoms with Gasteiger partial charge in [-0.3, -0.25) is 0 Å². The molecule has 2 N–H and O–H groups in total. The molecule has 1 aromatic rings. The molecule has 1 fully saturated rings. The molecule has 5 heteroatoms. The molecular formula is C19H30ClNO3. The topological polar surface area (TPSA) is 50.7 Å².